The highest BCUT2D eigenvalue weighted by atomic mass is 32.2. The Morgan fingerprint density at radius 3 is 2.57 bits per heavy atom. The maximum absolute atomic E-state index is 12.4. The standard InChI is InChI=1S/C16H20N2O2S/c1-5-20-14(19)12-13(11-9-7-6-8-10-11)17-15(21-4)18-16(12,2)3/h6-10H,5H2,1-4H3,(H,17,18). The van der Waals surface area contributed by atoms with Crippen molar-refractivity contribution in [1.29, 1.82) is 0 Å². The quantitative estimate of drug-likeness (QED) is 0.872. The average molecular weight is 304 g/mol. The Morgan fingerprint density at radius 1 is 1.33 bits per heavy atom. The van der Waals surface area contributed by atoms with Crippen molar-refractivity contribution in [1.82, 2.24) is 5.32 Å². The molecule has 2 rings (SSSR count). The van der Waals surface area contributed by atoms with Crippen LogP contribution >= 0.6 is 11.8 Å². The van der Waals surface area contributed by atoms with Crippen LogP contribution in [0.15, 0.2) is 40.9 Å². The molecule has 0 aromatic heterocycles. The number of thioether (sulfide) groups is 1. The summed E-state index contributed by atoms with van der Waals surface area (Å²) in [5, 5.41) is 4.05. The largest absolute Gasteiger partial charge is 0.463 e. The molecule has 0 fully saturated rings. The van der Waals surface area contributed by atoms with Gasteiger partial charge in [-0.3, -0.25) is 4.99 Å². The zero-order valence-electron chi connectivity index (χ0n) is 12.8. The maximum Gasteiger partial charge on any atom is 0.338 e. The van der Waals surface area contributed by atoms with Crippen molar-refractivity contribution in [3.05, 3.63) is 41.5 Å². The molecular formula is C16H20N2O2S. The van der Waals surface area contributed by atoms with Crippen LogP contribution in [0.2, 0.25) is 0 Å². The molecule has 0 saturated heterocycles. The monoisotopic (exact) mass is 304 g/mol. The molecule has 0 aliphatic carbocycles. The first-order chi connectivity index (χ1) is 9.99. The van der Waals surface area contributed by atoms with E-state index in [1.807, 2.05) is 50.4 Å². The number of rotatable bonds is 3. The fourth-order valence-electron chi connectivity index (χ4n) is 2.29. The van der Waals surface area contributed by atoms with E-state index in [0.717, 1.165) is 16.4 Å². The minimum atomic E-state index is -0.624. The molecule has 0 unspecified atom stereocenters. The first-order valence-electron chi connectivity index (χ1n) is 6.87. The van der Waals surface area contributed by atoms with Crippen LogP contribution < -0.4 is 5.32 Å². The number of benzene rings is 1. The van der Waals surface area contributed by atoms with Gasteiger partial charge in [0.05, 0.1) is 23.4 Å². The fourth-order valence-corrected chi connectivity index (χ4v) is 2.81. The van der Waals surface area contributed by atoms with E-state index in [1.54, 1.807) is 6.92 Å². The molecule has 0 saturated carbocycles. The Kier molecular flexibility index (Phi) is 4.73. The maximum atomic E-state index is 12.4. The van der Waals surface area contributed by atoms with E-state index < -0.39 is 5.54 Å². The lowest BCUT2D eigenvalue weighted by molar-refractivity contribution is -0.139. The second-order valence-corrected chi connectivity index (χ2v) is 5.94. The minimum absolute atomic E-state index is 0.322. The lowest BCUT2D eigenvalue weighted by atomic mass is 9.89. The van der Waals surface area contributed by atoms with Crippen LogP contribution in [-0.2, 0) is 9.53 Å². The highest BCUT2D eigenvalue weighted by Gasteiger charge is 2.37. The summed E-state index contributed by atoms with van der Waals surface area (Å²) >= 11 is 1.53. The number of carbonyl (C=O) groups is 1. The average Bonchev–Trinajstić information content (AvgIpc) is 2.46. The molecule has 1 aliphatic heterocycles. The second kappa shape index (κ2) is 6.35. The minimum Gasteiger partial charge on any atom is -0.463 e. The van der Waals surface area contributed by atoms with Crippen molar-refractivity contribution in [3.63, 3.8) is 0 Å². The van der Waals surface area contributed by atoms with Gasteiger partial charge >= 0.3 is 5.97 Å². The molecule has 1 N–H and O–H groups in total. The lowest BCUT2D eigenvalue weighted by Crippen LogP contribution is -2.39. The molecule has 1 aromatic rings. The molecule has 1 heterocycles. The van der Waals surface area contributed by atoms with Crippen LogP contribution in [0, 0.1) is 0 Å². The zero-order valence-corrected chi connectivity index (χ0v) is 13.6. The Morgan fingerprint density at radius 2 is 2.00 bits per heavy atom. The molecule has 1 aromatic carbocycles. The van der Waals surface area contributed by atoms with Gasteiger partial charge in [-0.1, -0.05) is 42.1 Å². The van der Waals surface area contributed by atoms with E-state index in [2.05, 4.69) is 10.3 Å². The van der Waals surface area contributed by atoms with Crippen LogP contribution in [-0.4, -0.2) is 29.5 Å². The molecule has 1 aliphatic rings. The van der Waals surface area contributed by atoms with Crippen LogP contribution in [0.25, 0.3) is 5.70 Å². The van der Waals surface area contributed by atoms with Crippen molar-refractivity contribution >= 4 is 28.6 Å². The van der Waals surface area contributed by atoms with Gasteiger partial charge < -0.3 is 10.1 Å². The van der Waals surface area contributed by atoms with Gasteiger partial charge in [0, 0.05) is 0 Å². The van der Waals surface area contributed by atoms with Crippen molar-refractivity contribution < 1.29 is 9.53 Å². The number of ether oxygens (including phenoxy) is 1. The Labute approximate surface area is 129 Å². The summed E-state index contributed by atoms with van der Waals surface area (Å²) < 4.78 is 5.22. The summed E-state index contributed by atoms with van der Waals surface area (Å²) in [6, 6.07) is 9.79. The third-order valence-electron chi connectivity index (χ3n) is 3.21. The summed E-state index contributed by atoms with van der Waals surface area (Å²) in [4.78, 5) is 17.0. The molecule has 0 atom stereocenters. The van der Waals surface area contributed by atoms with E-state index >= 15 is 0 Å². The van der Waals surface area contributed by atoms with Gasteiger partial charge in [0.2, 0.25) is 0 Å². The van der Waals surface area contributed by atoms with Crippen LogP contribution in [0.4, 0.5) is 0 Å². The number of amidine groups is 1. The highest BCUT2D eigenvalue weighted by Crippen LogP contribution is 2.33. The van der Waals surface area contributed by atoms with E-state index in [1.165, 1.54) is 11.8 Å². The number of hydrogen-bond donors (Lipinski definition) is 1. The van der Waals surface area contributed by atoms with Gasteiger partial charge in [0.1, 0.15) is 0 Å². The first kappa shape index (κ1) is 15.6. The number of hydrogen-bond acceptors (Lipinski definition) is 5. The number of nitrogens with one attached hydrogen (secondary N) is 1. The second-order valence-electron chi connectivity index (χ2n) is 5.14. The number of esters is 1. The third kappa shape index (κ3) is 3.29. The van der Waals surface area contributed by atoms with E-state index in [-0.39, 0.29) is 5.97 Å². The molecule has 112 valence electrons. The molecular weight excluding hydrogens is 284 g/mol. The Hall–Kier alpha value is -1.75. The SMILES string of the molecule is CCOC(=O)C1=C(c2ccccc2)NC(SC)=NC1(C)C. The molecule has 0 radical (unpaired) electrons. The van der Waals surface area contributed by atoms with Crippen LogP contribution in [0.5, 0.6) is 0 Å². The molecule has 0 bridgehead atoms. The summed E-state index contributed by atoms with van der Waals surface area (Å²) in [7, 11) is 0. The normalized spacial score (nSPS) is 17.0. The molecule has 5 heteroatoms. The van der Waals surface area contributed by atoms with Crippen LogP contribution in [0.1, 0.15) is 26.3 Å². The van der Waals surface area contributed by atoms with Gasteiger partial charge in [-0.2, -0.15) is 0 Å². The number of aliphatic imine (C=N–C) groups is 1. The smallest absolute Gasteiger partial charge is 0.338 e. The highest BCUT2D eigenvalue weighted by molar-refractivity contribution is 8.13. The third-order valence-corrected chi connectivity index (χ3v) is 3.79. The van der Waals surface area contributed by atoms with Gasteiger partial charge in [0.15, 0.2) is 5.17 Å². The molecule has 0 amide bonds. The van der Waals surface area contributed by atoms with E-state index in [0.29, 0.717) is 12.2 Å². The predicted molar refractivity (Wildman–Crippen MR) is 88.2 cm³/mol. The van der Waals surface area contributed by atoms with E-state index in [9.17, 15) is 4.79 Å². The molecule has 4 nitrogen and oxygen atoms in total. The fraction of sp³-hybridized carbons (Fsp3) is 0.375. The summed E-state index contributed by atoms with van der Waals surface area (Å²) in [6.07, 6.45) is 1.96. The van der Waals surface area contributed by atoms with Crippen molar-refractivity contribution in [2.24, 2.45) is 4.99 Å². The van der Waals surface area contributed by atoms with E-state index in [4.69, 9.17) is 4.74 Å². The summed E-state index contributed by atoms with van der Waals surface area (Å²) in [6.45, 7) is 6.01. The Bertz CT molecular complexity index is 592. The zero-order chi connectivity index (χ0) is 15.5. The number of carbonyl (C=O) groups excluding carboxylic acids is 1. The van der Waals surface area contributed by atoms with Crippen molar-refractivity contribution in [2.75, 3.05) is 12.9 Å². The van der Waals surface area contributed by atoms with Crippen LogP contribution in [0.3, 0.4) is 0 Å². The van der Waals surface area contributed by atoms with Gasteiger partial charge in [-0.15, -0.1) is 0 Å². The molecule has 21 heavy (non-hydrogen) atoms. The predicted octanol–water partition coefficient (Wildman–Crippen LogP) is 3.06. The molecule has 0 spiro atoms. The summed E-state index contributed by atoms with van der Waals surface area (Å²) in [5.74, 6) is -0.322. The van der Waals surface area contributed by atoms with Gasteiger partial charge in [-0.25, -0.2) is 4.79 Å². The number of nitrogens with zero attached hydrogens (tertiary/aromatic N) is 1. The topological polar surface area (TPSA) is 50.7 Å². The summed E-state index contributed by atoms with van der Waals surface area (Å²) in [5.41, 5.74) is 1.67. The van der Waals surface area contributed by atoms with Gasteiger partial charge in [0.25, 0.3) is 0 Å². The van der Waals surface area contributed by atoms with Crippen molar-refractivity contribution in [3.8, 4) is 0 Å². The lowest BCUT2D eigenvalue weighted by Gasteiger charge is -2.31. The van der Waals surface area contributed by atoms with Crippen molar-refractivity contribution in [2.45, 2.75) is 26.3 Å². The Balaban J connectivity index is 2.57. The first-order valence-corrected chi connectivity index (χ1v) is 8.10. The van der Waals surface area contributed by atoms with Gasteiger partial charge in [-0.05, 0) is 32.6 Å².